The highest BCUT2D eigenvalue weighted by Crippen LogP contribution is 2.23. The topological polar surface area (TPSA) is 66.5 Å². The molecule has 0 heterocycles. The molecule has 30 heavy (non-hydrogen) atoms. The Kier molecular flexibility index (Phi) is 6.55. The molecule has 0 fully saturated rings. The maximum Gasteiger partial charge on any atom is 0.258 e. The van der Waals surface area contributed by atoms with Crippen LogP contribution in [-0.2, 0) is 16.6 Å². The average Bonchev–Trinajstić information content (AvgIpc) is 2.71. The summed E-state index contributed by atoms with van der Waals surface area (Å²) < 4.78 is 41.3. The van der Waals surface area contributed by atoms with Gasteiger partial charge in [0, 0.05) is 24.3 Å². The summed E-state index contributed by atoms with van der Waals surface area (Å²) in [5, 5.41) is 2.99. The van der Waals surface area contributed by atoms with Crippen LogP contribution in [0.15, 0.2) is 71.6 Å². The number of nitrogens with zero attached hydrogens (tertiary/aromatic N) is 1. The van der Waals surface area contributed by atoms with Gasteiger partial charge >= 0.3 is 0 Å². The van der Waals surface area contributed by atoms with Gasteiger partial charge in [0.15, 0.2) is 0 Å². The molecule has 3 aromatic rings. The quantitative estimate of drug-likeness (QED) is 0.588. The summed E-state index contributed by atoms with van der Waals surface area (Å²) in [6, 6.07) is 17.1. The molecule has 0 unspecified atom stereocenters. The van der Waals surface area contributed by atoms with Crippen molar-refractivity contribution >= 4 is 33.2 Å². The zero-order chi connectivity index (χ0) is 21.9. The van der Waals surface area contributed by atoms with Crippen molar-refractivity contribution in [2.24, 2.45) is 0 Å². The van der Waals surface area contributed by atoms with Gasteiger partial charge in [0.1, 0.15) is 5.82 Å². The minimum Gasteiger partial charge on any atom is -0.322 e. The molecule has 5 nitrogen and oxygen atoms in total. The Balaban J connectivity index is 1.86. The second-order valence-electron chi connectivity index (χ2n) is 6.81. The number of anilines is 1. The second kappa shape index (κ2) is 8.95. The fourth-order valence-electron chi connectivity index (χ4n) is 2.81. The SMILES string of the molecule is Cc1ccc(NC(=O)c2cc(S(=O)(=O)N(C)Cc3ccccc3)ccc2F)cc1Cl. The van der Waals surface area contributed by atoms with Crippen molar-refractivity contribution in [1.82, 2.24) is 4.31 Å². The molecule has 0 saturated heterocycles. The standard InChI is InChI=1S/C22H20ClFN2O3S/c1-15-8-9-17(12-20(15)23)25-22(27)19-13-18(10-11-21(19)24)30(28,29)26(2)14-16-6-4-3-5-7-16/h3-13H,14H2,1-2H3,(H,25,27). The van der Waals surface area contributed by atoms with Crippen LogP contribution in [0.25, 0.3) is 0 Å². The zero-order valence-corrected chi connectivity index (χ0v) is 18.0. The van der Waals surface area contributed by atoms with Crippen LogP contribution in [0.5, 0.6) is 0 Å². The van der Waals surface area contributed by atoms with Crippen molar-refractivity contribution < 1.29 is 17.6 Å². The minimum atomic E-state index is -3.93. The highest BCUT2D eigenvalue weighted by atomic mass is 35.5. The summed E-state index contributed by atoms with van der Waals surface area (Å²) in [6.07, 6.45) is 0. The lowest BCUT2D eigenvalue weighted by molar-refractivity contribution is 0.102. The summed E-state index contributed by atoms with van der Waals surface area (Å²) in [6.45, 7) is 1.96. The molecule has 0 aliphatic carbocycles. The van der Waals surface area contributed by atoms with Gasteiger partial charge in [-0.2, -0.15) is 4.31 Å². The highest BCUT2D eigenvalue weighted by molar-refractivity contribution is 7.89. The van der Waals surface area contributed by atoms with E-state index in [1.165, 1.54) is 7.05 Å². The van der Waals surface area contributed by atoms with E-state index in [-0.39, 0.29) is 17.0 Å². The van der Waals surface area contributed by atoms with Gasteiger partial charge in [-0.3, -0.25) is 4.79 Å². The van der Waals surface area contributed by atoms with Crippen molar-refractivity contribution in [1.29, 1.82) is 0 Å². The number of carbonyl (C=O) groups excluding carboxylic acids is 1. The van der Waals surface area contributed by atoms with E-state index in [0.29, 0.717) is 10.7 Å². The first-order valence-electron chi connectivity index (χ1n) is 9.06. The first-order chi connectivity index (χ1) is 14.2. The number of benzene rings is 3. The average molecular weight is 447 g/mol. The molecule has 156 valence electrons. The minimum absolute atomic E-state index is 0.143. The van der Waals surface area contributed by atoms with Gasteiger partial charge < -0.3 is 5.32 Å². The van der Waals surface area contributed by atoms with Crippen molar-refractivity contribution in [2.45, 2.75) is 18.4 Å². The normalized spacial score (nSPS) is 11.5. The highest BCUT2D eigenvalue weighted by Gasteiger charge is 2.24. The molecule has 0 aliphatic heterocycles. The summed E-state index contributed by atoms with van der Waals surface area (Å²) >= 11 is 6.05. The number of sulfonamides is 1. The van der Waals surface area contributed by atoms with Crippen LogP contribution in [0, 0.1) is 12.7 Å². The van der Waals surface area contributed by atoms with Crippen LogP contribution in [-0.4, -0.2) is 25.7 Å². The van der Waals surface area contributed by atoms with Crippen LogP contribution in [0.1, 0.15) is 21.5 Å². The molecule has 3 rings (SSSR count). The summed E-state index contributed by atoms with van der Waals surface area (Å²) in [5.41, 5.74) is 1.64. The number of amides is 1. The maximum absolute atomic E-state index is 14.3. The lowest BCUT2D eigenvalue weighted by atomic mass is 10.2. The van der Waals surface area contributed by atoms with Crippen LogP contribution in [0.4, 0.5) is 10.1 Å². The van der Waals surface area contributed by atoms with Gasteiger partial charge in [-0.05, 0) is 48.4 Å². The van der Waals surface area contributed by atoms with Crippen molar-refractivity contribution in [2.75, 3.05) is 12.4 Å². The van der Waals surface area contributed by atoms with Crippen molar-refractivity contribution in [3.63, 3.8) is 0 Å². The number of hydrogen-bond acceptors (Lipinski definition) is 3. The summed E-state index contributed by atoms with van der Waals surface area (Å²) in [4.78, 5) is 12.4. The Morgan fingerprint density at radius 3 is 2.43 bits per heavy atom. The van der Waals surface area contributed by atoms with Crippen LogP contribution < -0.4 is 5.32 Å². The van der Waals surface area contributed by atoms with E-state index in [2.05, 4.69) is 5.32 Å². The fourth-order valence-corrected chi connectivity index (χ4v) is 4.18. The Hall–Kier alpha value is -2.74. The number of carbonyl (C=O) groups is 1. The zero-order valence-electron chi connectivity index (χ0n) is 16.4. The van der Waals surface area contributed by atoms with Gasteiger partial charge in [0.25, 0.3) is 5.91 Å². The molecular weight excluding hydrogens is 427 g/mol. The van der Waals surface area contributed by atoms with Crippen molar-refractivity contribution in [3.8, 4) is 0 Å². The van der Waals surface area contributed by atoms with Gasteiger partial charge in [-0.25, -0.2) is 12.8 Å². The van der Waals surface area contributed by atoms with Gasteiger partial charge in [0.2, 0.25) is 10.0 Å². The second-order valence-corrected chi connectivity index (χ2v) is 9.26. The van der Waals surface area contributed by atoms with Crippen LogP contribution in [0.3, 0.4) is 0 Å². The fraction of sp³-hybridized carbons (Fsp3) is 0.136. The lowest BCUT2D eigenvalue weighted by Gasteiger charge is -2.18. The Morgan fingerprint density at radius 1 is 1.07 bits per heavy atom. The third kappa shape index (κ3) is 4.87. The molecule has 1 amide bonds. The first kappa shape index (κ1) is 22.0. The van der Waals surface area contributed by atoms with Crippen LogP contribution in [0.2, 0.25) is 5.02 Å². The number of aryl methyl sites for hydroxylation is 1. The molecule has 3 aromatic carbocycles. The third-order valence-electron chi connectivity index (χ3n) is 4.57. The molecule has 0 atom stereocenters. The van der Waals surface area contributed by atoms with Crippen LogP contribution >= 0.6 is 11.6 Å². The molecular formula is C22H20ClFN2O3S. The Labute approximate surface area is 180 Å². The molecule has 0 radical (unpaired) electrons. The lowest BCUT2D eigenvalue weighted by Crippen LogP contribution is -2.27. The summed E-state index contributed by atoms with van der Waals surface area (Å²) in [7, 11) is -2.50. The van der Waals surface area contributed by atoms with E-state index in [9.17, 15) is 17.6 Å². The first-order valence-corrected chi connectivity index (χ1v) is 10.9. The molecule has 0 bridgehead atoms. The maximum atomic E-state index is 14.3. The smallest absolute Gasteiger partial charge is 0.258 e. The van der Waals surface area contributed by atoms with E-state index in [1.54, 1.807) is 18.2 Å². The van der Waals surface area contributed by atoms with Gasteiger partial charge in [-0.15, -0.1) is 0 Å². The van der Waals surface area contributed by atoms with Gasteiger partial charge in [0.05, 0.1) is 10.5 Å². The largest absolute Gasteiger partial charge is 0.322 e. The molecule has 0 aliphatic rings. The van der Waals surface area contributed by atoms with Crippen molar-refractivity contribution in [3.05, 3.63) is 94.3 Å². The third-order valence-corrected chi connectivity index (χ3v) is 6.77. The van der Waals surface area contributed by atoms with E-state index in [1.807, 2.05) is 37.3 Å². The predicted molar refractivity (Wildman–Crippen MR) is 116 cm³/mol. The number of halogens is 2. The Bertz CT molecular complexity index is 1180. The molecule has 0 spiro atoms. The van der Waals surface area contributed by atoms with Gasteiger partial charge in [-0.1, -0.05) is 48.0 Å². The van der Waals surface area contributed by atoms with E-state index in [0.717, 1.165) is 33.6 Å². The Morgan fingerprint density at radius 2 is 1.77 bits per heavy atom. The predicted octanol–water partition coefficient (Wildman–Crippen LogP) is 4.86. The molecule has 1 N–H and O–H groups in total. The van der Waals surface area contributed by atoms with E-state index < -0.39 is 21.7 Å². The number of nitrogens with one attached hydrogen (secondary N) is 1. The summed E-state index contributed by atoms with van der Waals surface area (Å²) in [5.74, 6) is -1.59. The van der Waals surface area contributed by atoms with E-state index >= 15 is 0 Å². The molecule has 8 heteroatoms. The monoisotopic (exact) mass is 446 g/mol. The molecule has 0 saturated carbocycles. The molecule has 0 aromatic heterocycles. The number of rotatable bonds is 6. The number of hydrogen-bond donors (Lipinski definition) is 1. The van der Waals surface area contributed by atoms with E-state index in [4.69, 9.17) is 11.6 Å².